The van der Waals surface area contributed by atoms with Crippen LogP contribution in [0.2, 0.25) is 0 Å². The summed E-state index contributed by atoms with van der Waals surface area (Å²) in [6.07, 6.45) is 1.78. The van der Waals surface area contributed by atoms with E-state index in [1.807, 2.05) is 48.5 Å². The predicted molar refractivity (Wildman–Crippen MR) is 99.9 cm³/mol. The summed E-state index contributed by atoms with van der Waals surface area (Å²) in [5, 5.41) is 10.6. The molecule has 0 atom stereocenters. The second-order valence-electron chi connectivity index (χ2n) is 5.61. The van der Waals surface area contributed by atoms with Gasteiger partial charge in [0.1, 0.15) is 5.03 Å². The lowest BCUT2D eigenvalue weighted by atomic mass is 10.2. The molecule has 0 saturated heterocycles. The fraction of sp³-hybridized carbons (Fsp3) is 0.0500. The minimum absolute atomic E-state index is 0.793. The Bertz CT molecular complexity index is 964. The molecule has 0 fully saturated rings. The smallest absolute Gasteiger partial charge is 0.202 e. The monoisotopic (exact) mass is 344 g/mol. The first kappa shape index (κ1) is 15.6. The van der Waals surface area contributed by atoms with Crippen LogP contribution in [0.25, 0.3) is 17.1 Å². The summed E-state index contributed by atoms with van der Waals surface area (Å²) < 4.78 is 2.08. The Kier molecular flexibility index (Phi) is 4.31. The zero-order chi connectivity index (χ0) is 17.1. The van der Waals surface area contributed by atoms with Crippen molar-refractivity contribution in [1.82, 2.24) is 19.7 Å². The van der Waals surface area contributed by atoms with Gasteiger partial charge in [-0.05, 0) is 43.0 Å². The molecule has 0 aliphatic carbocycles. The molecule has 0 spiro atoms. The van der Waals surface area contributed by atoms with E-state index in [4.69, 9.17) is 0 Å². The Balaban J connectivity index is 1.84. The van der Waals surface area contributed by atoms with E-state index in [2.05, 4.69) is 50.9 Å². The second kappa shape index (κ2) is 6.91. The van der Waals surface area contributed by atoms with Crippen LogP contribution < -0.4 is 0 Å². The van der Waals surface area contributed by atoms with Gasteiger partial charge in [-0.1, -0.05) is 54.1 Å². The van der Waals surface area contributed by atoms with Gasteiger partial charge in [-0.25, -0.2) is 4.98 Å². The Labute approximate surface area is 150 Å². The highest BCUT2D eigenvalue weighted by Gasteiger charge is 2.16. The average molecular weight is 344 g/mol. The molecule has 4 nitrogen and oxygen atoms in total. The van der Waals surface area contributed by atoms with Gasteiger partial charge in [0, 0.05) is 17.4 Å². The van der Waals surface area contributed by atoms with Crippen molar-refractivity contribution in [2.24, 2.45) is 0 Å². The van der Waals surface area contributed by atoms with Gasteiger partial charge >= 0.3 is 0 Å². The third-order valence-corrected chi connectivity index (χ3v) is 4.69. The van der Waals surface area contributed by atoms with Gasteiger partial charge in [0.15, 0.2) is 5.82 Å². The van der Waals surface area contributed by atoms with Gasteiger partial charge in [0.2, 0.25) is 5.16 Å². The maximum absolute atomic E-state index is 4.45. The first-order valence-electron chi connectivity index (χ1n) is 7.98. The van der Waals surface area contributed by atoms with E-state index in [9.17, 15) is 0 Å². The molecule has 2 aromatic heterocycles. The quantitative estimate of drug-likeness (QED) is 0.534. The summed E-state index contributed by atoms with van der Waals surface area (Å²) in [5.41, 5.74) is 3.29. The summed E-state index contributed by atoms with van der Waals surface area (Å²) in [6.45, 7) is 2.08. The van der Waals surface area contributed by atoms with E-state index < -0.39 is 0 Å². The second-order valence-corrected chi connectivity index (χ2v) is 6.60. The van der Waals surface area contributed by atoms with E-state index in [-0.39, 0.29) is 0 Å². The number of nitrogens with zero attached hydrogens (tertiary/aromatic N) is 4. The van der Waals surface area contributed by atoms with Crippen molar-refractivity contribution in [3.05, 3.63) is 84.6 Å². The molecule has 0 amide bonds. The van der Waals surface area contributed by atoms with Gasteiger partial charge in [-0.15, -0.1) is 10.2 Å². The molecule has 0 aliphatic rings. The van der Waals surface area contributed by atoms with E-state index in [1.165, 1.54) is 17.3 Å². The molecule has 0 N–H and O–H groups in total. The van der Waals surface area contributed by atoms with E-state index >= 15 is 0 Å². The maximum atomic E-state index is 4.45. The van der Waals surface area contributed by atoms with Crippen LogP contribution >= 0.6 is 11.8 Å². The molecular weight excluding hydrogens is 328 g/mol. The van der Waals surface area contributed by atoms with Crippen molar-refractivity contribution >= 4 is 11.8 Å². The Morgan fingerprint density at radius 2 is 1.56 bits per heavy atom. The SMILES string of the molecule is Cc1ccc(-n2c(Sc3ccccn3)nnc2-c2ccccc2)cc1. The number of hydrogen-bond donors (Lipinski definition) is 0. The molecule has 0 bridgehead atoms. The minimum Gasteiger partial charge on any atom is -0.270 e. The summed E-state index contributed by atoms with van der Waals surface area (Å²) in [7, 11) is 0. The van der Waals surface area contributed by atoms with Crippen molar-refractivity contribution in [2.75, 3.05) is 0 Å². The van der Waals surface area contributed by atoms with Crippen LogP contribution in [0.5, 0.6) is 0 Å². The molecule has 0 saturated carbocycles. The molecule has 0 unspecified atom stereocenters. The summed E-state index contributed by atoms with van der Waals surface area (Å²) in [6, 6.07) is 24.3. The zero-order valence-corrected chi connectivity index (χ0v) is 14.5. The van der Waals surface area contributed by atoms with Gasteiger partial charge in [0.05, 0.1) is 0 Å². The van der Waals surface area contributed by atoms with Gasteiger partial charge in [0.25, 0.3) is 0 Å². The van der Waals surface area contributed by atoms with Crippen molar-refractivity contribution in [1.29, 1.82) is 0 Å². The molecule has 0 radical (unpaired) electrons. The van der Waals surface area contributed by atoms with Crippen LogP contribution in [0.3, 0.4) is 0 Å². The van der Waals surface area contributed by atoms with E-state index in [0.717, 1.165) is 27.3 Å². The number of hydrogen-bond acceptors (Lipinski definition) is 4. The standard InChI is InChI=1S/C20H16N4S/c1-15-10-12-17(13-11-15)24-19(16-7-3-2-4-8-16)22-23-20(24)25-18-9-5-6-14-21-18/h2-14H,1H3. The lowest BCUT2D eigenvalue weighted by Crippen LogP contribution is -1.99. The first-order chi connectivity index (χ1) is 12.3. The lowest BCUT2D eigenvalue weighted by Gasteiger charge is -2.10. The Morgan fingerprint density at radius 1 is 0.800 bits per heavy atom. The fourth-order valence-corrected chi connectivity index (χ4v) is 3.35. The maximum Gasteiger partial charge on any atom is 0.202 e. The van der Waals surface area contributed by atoms with Crippen LogP contribution in [0.1, 0.15) is 5.56 Å². The summed E-state index contributed by atoms with van der Waals surface area (Å²) in [5.74, 6) is 0.822. The molecule has 2 heterocycles. The molecular formula is C20H16N4S. The Morgan fingerprint density at radius 3 is 2.28 bits per heavy atom. The van der Waals surface area contributed by atoms with Crippen molar-refractivity contribution < 1.29 is 0 Å². The van der Waals surface area contributed by atoms with Crippen LogP contribution in [0.4, 0.5) is 0 Å². The van der Waals surface area contributed by atoms with E-state index in [0.29, 0.717) is 0 Å². The topological polar surface area (TPSA) is 43.6 Å². The summed E-state index contributed by atoms with van der Waals surface area (Å²) in [4.78, 5) is 4.39. The first-order valence-corrected chi connectivity index (χ1v) is 8.80. The van der Waals surface area contributed by atoms with Crippen LogP contribution in [-0.4, -0.2) is 19.7 Å². The highest BCUT2D eigenvalue weighted by atomic mass is 32.2. The van der Waals surface area contributed by atoms with Crippen LogP contribution in [-0.2, 0) is 0 Å². The third-order valence-electron chi connectivity index (χ3n) is 3.79. The van der Waals surface area contributed by atoms with Crippen molar-refractivity contribution in [2.45, 2.75) is 17.1 Å². The lowest BCUT2D eigenvalue weighted by molar-refractivity contribution is 0.882. The predicted octanol–water partition coefficient (Wildman–Crippen LogP) is 4.79. The number of benzene rings is 2. The molecule has 25 heavy (non-hydrogen) atoms. The van der Waals surface area contributed by atoms with Gasteiger partial charge in [-0.3, -0.25) is 4.57 Å². The third kappa shape index (κ3) is 3.32. The molecule has 4 rings (SSSR count). The number of aryl methyl sites for hydroxylation is 1. The number of aromatic nitrogens is 4. The van der Waals surface area contributed by atoms with Crippen LogP contribution in [0, 0.1) is 6.92 Å². The highest BCUT2D eigenvalue weighted by Crippen LogP contribution is 2.31. The van der Waals surface area contributed by atoms with Crippen molar-refractivity contribution in [3.63, 3.8) is 0 Å². The van der Waals surface area contributed by atoms with Gasteiger partial charge in [-0.2, -0.15) is 0 Å². The Hall–Kier alpha value is -2.92. The number of pyridine rings is 1. The highest BCUT2D eigenvalue weighted by molar-refractivity contribution is 7.99. The molecule has 0 aliphatic heterocycles. The van der Waals surface area contributed by atoms with Crippen molar-refractivity contribution in [3.8, 4) is 17.1 Å². The average Bonchev–Trinajstić information content (AvgIpc) is 3.07. The zero-order valence-electron chi connectivity index (χ0n) is 13.7. The van der Waals surface area contributed by atoms with Gasteiger partial charge < -0.3 is 0 Å². The fourth-order valence-electron chi connectivity index (χ4n) is 2.54. The molecule has 122 valence electrons. The summed E-state index contributed by atoms with van der Waals surface area (Å²) >= 11 is 1.51. The number of rotatable bonds is 4. The molecule has 5 heteroatoms. The molecule has 4 aromatic rings. The minimum atomic E-state index is 0.793. The molecule has 2 aromatic carbocycles. The largest absolute Gasteiger partial charge is 0.270 e. The normalized spacial score (nSPS) is 10.8. The van der Waals surface area contributed by atoms with E-state index in [1.54, 1.807) is 6.20 Å². The van der Waals surface area contributed by atoms with Crippen LogP contribution in [0.15, 0.2) is 89.2 Å².